The van der Waals surface area contributed by atoms with Crippen LogP contribution in [-0.2, 0) is 4.79 Å². The Morgan fingerprint density at radius 2 is 2.00 bits per heavy atom. The van der Waals surface area contributed by atoms with Gasteiger partial charge >= 0.3 is 5.97 Å². The number of nitrogens with one attached hydrogen (secondary N) is 1. The van der Waals surface area contributed by atoms with Crippen LogP contribution in [0.1, 0.15) is 45.4 Å². The first-order valence-electron chi connectivity index (χ1n) is 6.15. The first kappa shape index (κ1) is 10.9. The molecule has 15 heavy (non-hydrogen) atoms. The largest absolute Gasteiger partial charge is 0.480 e. The molecule has 0 heterocycles. The van der Waals surface area contributed by atoms with E-state index in [0.717, 1.165) is 18.3 Å². The maximum Gasteiger partial charge on any atom is 0.320 e. The van der Waals surface area contributed by atoms with E-state index < -0.39 is 12.0 Å². The molecule has 2 fully saturated rings. The lowest BCUT2D eigenvalue weighted by Crippen LogP contribution is -2.43. The molecular formula is C12H21NO2. The van der Waals surface area contributed by atoms with Crippen LogP contribution in [0.4, 0.5) is 0 Å². The Bertz CT molecular complexity index is 238. The molecule has 3 nitrogen and oxygen atoms in total. The van der Waals surface area contributed by atoms with E-state index in [1.807, 2.05) is 0 Å². The molecule has 0 aromatic carbocycles. The van der Waals surface area contributed by atoms with Gasteiger partial charge in [0.25, 0.3) is 0 Å². The molecule has 2 aliphatic carbocycles. The molecule has 0 aromatic heterocycles. The predicted molar refractivity (Wildman–Crippen MR) is 58.7 cm³/mol. The van der Waals surface area contributed by atoms with E-state index in [4.69, 9.17) is 5.11 Å². The van der Waals surface area contributed by atoms with Gasteiger partial charge in [0.1, 0.15) is 6.04 Å². The minimum atomic E-state index is -0.733. The first-order valence-corrected chi connectivity index (χ1v) is 6.15. The van der Waals surface area contributed by atoms with E-state index in [9.17, 15) is 4.79 Å². The summed E-state index contributed by atoms with van der Waals surface area (Å²) in [7, 11) is 0. The smallest absolute Gasteiger partial charge is 0.320 e. The van der Waals surface area contributed by atoms with Crippen molar-refractivity contribution in [3.05, 3.63) is 0 Å². The fourth-order valence-electron chi connectivity index (χ4n) is 2.80. The zero-order valence-electron chi connectivity index (χ0n) is 9.41. The Morgan fingerprint density at radius 3 is 2.60 bits per heavy atom. The number of hydrogen-bond donors (Lipinski definition) is 2. The fourth-order valence-corrected chi connectivity index (χ4v) is 2.80. The molecular weight excluding hydrogens is 190 g/mol. The van der Waals surface area contributed by atoms with Gasteiger partial charge in [0.15, 0.2) is 0 Å². The molecule has 0 saturated heterocycles. The number of aliphatic carboxylic acids is 1. The van der Waals surface area contributed by atoms with Gasteiger partial charge in [-0.05, 0) is 44.4 Å². The van der Waals surface area contributed by atoms with Crippen LogP contribution in [0.2, 0.25) is 0 Å². The van der Waals surface area contributed by atoms with Gasteiger partial charge in [0.05, 0.1) is 0 Å². The highest BCUT2D eigenvalue weighted by Gasteiger charge is 2.35. The average Bonchev–Trinajstić information content (AvgIpc) is 3.01. The Labute approximate surface area is 91.2 Å². The van der Waals surface area contributed by atoms with Crippen molar-refractivity contribution in [3.63, 3.8) is 0 Å². The summed E-state index contributed by atoms with van der Waals surface area (Å²) >= 11 is 0. The van der Waals surface area contributed by atoms with E-state index in [2.05, 4.69) is 5.32 Å². The van der Waals surface area contributed by atoms with Crippen LogP contribution in [0.5, 0.6) is 0 Å². The molecule has 0 radical (unpaired) electrons. The third kappa shape index (κ3) is 2.94. The second-order valence-electron chi connectivity index (χ2n) is 5.19. The van der Waals surface area contributed by atoms with E-state index >= 15 is 0 Å². The Kier molecular flexibility index (Phi) is 3.29. The fraction of sp³-hybridized carbons (Fsp3) is 0.917. The zero-order valence-corrected chi connectivity index (χ0v) is 9.41. The summed E-state index contributed by atoms with van der Waals surface area (Å²) in [6, 6.07) is 0.0448. The van der Waals surface area contributed by atoms with Crippen molar-refractivity contribution >= 4 is 5.97 Å². The molecule has 0 aliphatic heterocycles. The highest BCUT2D eigenvalue weighted by Crippen LogP contribution is 2.43. The summed E-state index contributed by atoms with van der Waals surface area (Å²) in [4.78, 5) is 10.7. The second-order valence-corrected chi connectivity index (χ2v) is 5.19. The molecule has 2 unspecified atom stereocenters. The maximum atomic E-state index is 10.7. The van der Waals surface area contributed by atoms with Gasteiger partial charge in [0, 0.05) is 6.04 Å². The van der Waals surface area contributed by atoms with Crippen LogP contribution in [0.15, 0.2) is 0 Å². The Morgan fingerprint density at radius 1 is 1.27 bits per heavy atom. The van der Waals surface area contributed by atoms with Gasteiger partial charge in [-0.3, -0.25) is 4.79 Å². The molecule has 2 aliphatic rings. The normalized spacial score (nSPS) is 33.7. The van der Waals surface area contributed by atoms with Crippen LogP contribution < -0.4 is 5.32 Å². The molecule has 0 spiro atoms. The lowest BCUT2D eigenvalue weighted by atomic mass is 9.82. The van der Waals surface area contributed by atoms with Crippen molar-refractivity contribution in [2.24, 2.45) is 11.8 Å². The topological polar surface area (TPSA) is 49.3 Å². The quantitative estimate of drug-likeness (QED) is 0.748. The number of carbonyl (C=O) groups is 1. The van der Waals surface area contributed by atoms with Gasteiger partial charge in [0.2, 0.25) is 0 Å². The van der Waals surface area contributed by atoms with Crippen LogP contribution in [0, 0.1) is 11.8 Å². The minimum Gasteiger partial charge on any atom is -0.480 e. The summed E-state index contributed by atoms with van der Waals surface area (Å²) in [6.07, 6.45) is 7.80. The third-order valence-electron chi connectivity index (χ3n) is 3.86. The predicted octanol–water partition coefficient (Wildman–Crippen LogP) is 2.02. The maximum absolute atomic E-state index is 10.7. The van der Waals surface area contributed by atoms with Crippen molar-refractivity contribution in [3.8, 4) is 0 Å². The molecule has 3 heteroatoms. The highest BCUT2D eigenvalue weighted by molar-refractivity contribution is 5.72. The monoisotopic (exact) mass is 211 g/mol. The van der Waals surface area contributed by atoms with E-state index in [1.165, 1.54) is 32.1 Å². The molecule has 86 valence electrons. The van der Waals surface area contributed by atoms with Crippen molar-refractivity contribution in [1.82, 2.24) is 5.32 Å². The Hall–Kier alpha value is -0.570. The first-order chi connectivity index (χ1) is 7.16. The molecule has 2 rings (SSSR count). The van der Waals surface area contributed by atoms with E-state index in [0.29, 0.717) is 6.04 Å². The number of hydrogen-bond acceptors (Lipinski definition) is 2. The molecule has 0 aromatic rings. The lowest BCUT2D eigenvalue weighted by Gasteiger charge is -2.31. The van der Waals surface area contributed by atoms with Crippen LogP contribution >= 0.6 is 0 Å². The van der Waals surface area contributed by atoms with E-state index in [-0.39, 0.29) is 0 Å². The highest BCUT2D eigenvalue weighted by atomic mass is 16.4. The SMILES string of the molecule is C[C@H](NC1CCCC(C2CC2)C1)C(=O)O. The summed E-state index contributed by atoms with van der Waals surface area (Å²) < 4.78 is 0. The van der Waals surface area contributed by atoms with Gasteiger partial charge in [-0.1, -0.05) is 12.8 Å². The summed E-state index contributed by atoms with van der Waals surface area (Å²) in [5.41, 5.74) is 0. The summed E-state index contributed by atoms with van der Waals surface area (Å²) in [5, 5.41) is 12.1. The standard InChI is InChI=1S/C12H21NO2/c1-8(12(14)15)13-11-4-2-3-10(7-11)9-5-6-9/h8-11,13H,2-7H2,1H3,(H,14,15)/t8-,10?,11?/m0/s1. The van der Waals surface area contributed by atoms with Gasteiger partial charge in [-0.25, -0.2) is 0 Å². The van der Waals surface area contributed by atoms with Gasteiger partial charge in [-0.2, -0.15) is 0 Å². The molecule has 0 amide bonds. The summed E-state index contributed by atoms with van der Waals surface area (Å²) in [5.74, 6) is 1.11. The van der Waals surface area contributed by atoms with Crippen LogP contribution in [0.3, 0.4) is 0 Å². The van der Waals surface area contributed by atoms with Crippen molar-refractivity contribution in [1.29, 1.82) is 0 Å². The third-order valence-corrected chi connectivity index (χ3v) is 3.86. The zero-order chi connectivity index (χ0) is 10.8. The van der Waals surface area contributed by atoms with Crippen molar-refractivity contribution in [2.45, 2.75) is 57.5 Å². The van der Waals surface area contributed by atoms with Gasteiger partial charge < -0.3 is 10.4 Å². The summed E-state index contributed by atoms with van der Waals surface area (Å²) in [6.45, 7) is 1.74. The van der Waals surface area contributed by atoms with Crippen molar-refractivity contribution < 1.29 is 9.90 Å². The molecule has 3 atom stereocenters. The number of carboxylic acid groups (broad SMARTS) is 1. The number of carboxylic acids is 1. The molecule has 2 N–H and O–H groups in total. The average molecular weight is 211 g/mol. The van der Waals surface area contributed by atoms with Crippen LogP contribution in [0.25, 0.3) is 0 Å². The van der Waals surface area contributed by atoms with Crippen molar-refractivity contribution in [2.75, 3.05) is 0 Å². The molecule has 0 bridgehead atoms. The number of rotatable bonds is 4. The Balaban J connectivity index is 1.79. The van der Waals surface area contributed by atoms with Gasteiger partial charge in [-0.15, -0.1) is 0 Å². The second kappa shape index (κ2) is 4.52. The van der Waals surface area contributed by atoms with E-state index in [1.54, 1.807) is 6.92 Å². The lowest BCUT2D eigenvalue weighted by molar-refractivity contribution is -0.139. The molecule has 2 saturated carbocycles. The minimum absolute atomic E-state index is 0.395. The van der Waals surface area contributed by atoms with Crippen LogP contribution in [-0.4, -0.2) is 23.2 Å².